The van der Waals surface area contributed by atoms with E-state index in [1.165, 1.54) is 24.8 Å². The van der Waals surface area contributed by atoms with Gasteiger partial charge in [0.25, 0.3) is 0 Å². The van der Waals surface area contributed by atoms with E-state index in [1.54, 1.807) is 6.26 Å². The highest BCUT2D eigenvalue weighted by atomic mass is 32.2. The van der Waals surface area contributed by atoms with Gasteiger partial charge >= 0.3 is 0 Å². The Morgan fingerprint density at radius 1 is 1.21 bits per heavy atom. The second kappa shape index (κ2) is 8.03. The van der Waals surface area contributed by atoms with Crippen LogP contribution in [0.2, 0.25) is 0 Å². The van der Waals surface area contributed by atoms with Gasteiger partial charge in [-0.05, 0) is 37.5 Å². The Bertz CT molecular complexity index is 696. The summed E-state index contributed by atoms with van der Waals surface area (Å²) in [7, 11) is -0.917. The van der Waals surface area contributed by atoms with Gasteiger partial charge in [0.05, 0.1) is 0 Å². The summed E-state index contributed by atoms with van der Waals surface area (Å²) in [6, 6.07) is 8.26. The van der Waals surface area contributed by atoms with Crippen molar-refractivity contribution in [2.45, 2.75) is 56.5 Å². The van der Waals surface area contributed by atoms with Crippen molar-refractivity contribution in [1.29, 1.82) is 0 Å². The standard InChI is InChI=1S/C18H26N4OS/c1-14(15-7-9-16(10-8-15)24(2)23)19-12-11-18-21-20-17-6-4-3-5-13-22(17)18/h7-10,14,19H,3-6,11-13H2,1-2H3/t14-,24-/m0/s1. The molecule has 0 amide bonds. The first-order valence-electron chi connectivity index (χ1n) is 8.73. The van der Waals surface area contributed by atoms with E-state index in [0.717, 1.165) is 42.5 Å². The number of hydrogen-bond acceptors (Lipinski definition) is 4. The van der Waals surface area contributed by atoms with E-state index in [0.29, 0.717) is 0 Å². The highest BCUT2D eigenvalue weighted by Gasteiger charge is 2.14. The Labute approximate surface area is 146 Å². The Balaban J connectivity index is 1.54. The van der Waals surface area contributed by atoms with E-state index in [2.05, 4.69) is 39.1 Å². The smallest absolute Gasteiger partial charge is 0.134 e. The normalized spacial score (nSPS) is 17.1. The fourth-order valence-electron chi connectivity index (χ4n) is 3.20. The Hall–Kier alpha value is -1.53. The van der Waals surface area contributed by atoms with E-state index >= 15 is 0 Å². The minimum absolute atomic E-state index is 0.260. The maximum Gasteiger partial charge on any atom is 0.134 e. The molecule has 0 fully saturated rings. The van der Waals surface area contributed by atoms with E-state index in [1.807, 2.05) is 12.1 Å². The van der Waals surface area contributed by atoms with Crippen molar-refractivity contribution in [2.75, 3.05) is 12.8 Å². The lowest BCUT2D eigenvalue weighted by Crippen LogP contribution is -2.22. The first-order chi connectivity index (χ1) is 11.6. The number of benzene rings is 1. The number of rotatable bonds is 6. The molecule has 6 heteroatoms. The van der Waals surface area contributed by atoms with Crippen molar-refractivity contribution < 1.29 is 4.21 Å². The van der Waals surface area contributed by atoms with Crippen molar-refractivity contribution in [1.82, 2.24) is 20.1 Å². The fourth-order valence-corrected chi connectivity index (χ4v) is 3.72. The number of aryl methyl sites for hydroxylation is 1. The summed E-state index contributed by atoms with van der Waals surface area (Å²) < 4.78 is 13.8. The lowest BCUT2D eigenvalue weighted by Gasteiger charge is -2.15. The monoisotopic (exact) mass is 346 g/mol. The molecule has 0 unspecified atom stereocenters. The SMILES string of the molecule is C[C@H](NCCc1nnc2n1CCCCC2)c1ccc([S@](C)=O)cc1. The van der Waals surface area contributed by atoms with Crippen LogP contribution in [0.3, 0.4) is 0 Å². The summed E-state index contributed by atoms with van der Waals surface area (Å²) in [6.45, 7) is 4.09. The van der Waals surface area contributed by atoms with Crippen molar-refractivity contribution in [3.63, 3.8) is 0 Å². The second-order valence-corrected chi connectivity index (χ2v) is 7.82. The molecule has 0 spiro atoms. The third kappa shape index (κ3) is 4.11. The number of nitrogens with one attached hydrogen (secondary N) is 1. The van der Waals surface area contributed by atoms with Gasteiger partial charge in [-0.2, -0.15) is 0 Å². The molecule has 2 heterocycles. The van der Waals surface area contributed by atoms with E-state index < -0.39 is 10.8 Å². The number of fused-ring (bicyclic) bond motifs is 1. The summed E-state index contributed by atoms with van der Waals surface area (Å²) in [5.41, 5.74) is 1.21. The van der Waals surface area contributed by atoms with Crippen LogP contribution >= 0.6 is 0 Å². The lowest BCUT2D eigenvalue weighted by molar-refractivity contribution is 0.548. The van der Waals surface area contributed by atoms with Crippen LogP contribution in [-0.4, -0.2) is 31.8 Å². The minimum atomic E-state index is -0.917. The molecule has 0 saturated carbocycles. The second-order valence-electron chi connectivity index (χ2n) is 6.44. The van der Waals surface area contributed by atoms with Gasteiger partial charge in [-0.1, -0.05) is 18.6 Å². The van der Waals surface area contributed by atoms with Crippen molar-refractivity contribution in [2.24, 2.45) is 0 Å². The molecule has 1 aliphatic heterocycles. The average molecular weight is 346 g/mol. The number of aromatic nitrogens is 3. The first-order valence-corrected chi connectivity index (χ1v) is 10.3. The first kappa shape index (κ1) is 17.3. The molecule has 0 radical (unpaired) electrons. The lowest BCUT2D eigenvalue weighted by atomic mass is 10.1. The molecule has 24 heavy (non-hydrogen) atoms. The molecule has 3 rings (SSSR count). The third-order valence-corrected chi connectivity index (χ3v) is 5.63. The van der Waals surface area contributed by atoms with Gasteiger partial charge in [0.2, 0.25) is 0 Å². The highest BCUT2D eigenvalue weighted by molar-refractivity contribution is 7.84. The van der Waals surface area contributed by atoms with E-state index in [4.69, 9.17) is 0 Å². The van der Waals surface area contributed by atoms with Crippen molar-refractivity contribution in [3.8, 4) is 0 Å². The highest BCUT2D eigenvalue weighted by Crippen LogP contribution is 2.16. The maximum absolute atomic E-state index is 11.5. The molecular weight excluding hydrogens is 320 g/mol. The van der Waals surface area contributed by atoms with Crippen molar-refractivity contribution >= 4 is 10.8 Å². The van der Waals surface area contributed by atoms with E-state index in [-0.39, 0.29) is 6.04 Å². The third-order valence-electron chi connectivity index (χ3n) is 4.70. The van der Waals surface area contributed by atoms with Crippen LogP contribution in [0.25, 0.3) is 0 Å². The minimum Gasteiger partial charge on any atom is -0.315 e. The molecule has 0 saturated heterocycles. The predicted octanol–water partition coefficient (Wildman–Crippen LogP) is 2.64. The zero-order valence-corrected chi connectivity index (χ0v) is 15.3. The molecule has 1 aromatic carbocycles. The summed E-state index contributed by atoms with van der Waals surface area (Å²) in [5.74, 6) is 2.25. The topological polar surface area (TPSA) is 59.8 Å². The van der Waals surface area contributed by atoms with Gasteiger partial charge in [-0.25, -0.2) is 0 Å². The van der Waals surface area contributed by atoms with Crippen LogP contribution in [0.4, 0.5) is 0 Å². The number of nitrogens with zero attached hydrogens (tertiary/aromatic N) is 3. The maximum atomic E-state index is 11.5. The van der Waals surface area contributed by atoms with E-state index in [9.17, 15) is 4.21 Å². The van der Waals surface area contributed by atoms with Crippen LogP contribution in [0.15, 0.2) is 29.2 Å². The molecule has 1 aliphatic rings. The van der Waals surface area contributed by atoms with Crippen LogP contribution in [0.1, 0.15) is 49.4 Å². The zero-order chi connectivity index (χ0) is 16.9. The summed E-state index contributed by atoms with van der Waals surface area (Å²) in [4.78, 5) is 0.872. The van der Waals surface area contributed by atoms with Crippen LogP contribution in [0, 0.1) is 0 Å². The Kier molecular flexibility index (Phi) is 5.79. The zero-order valence-electron chi connectivity index (χ0n) is 14.5. The molecule has 130 valence electrons. The van der Waals surface area contributed by atoms with Gasteiger partial charge in [-0.3, -0.25) is 4.21 Å². The Morgan fingerprint density at radius 2 is 2.00 bits per heavy atom. The molecule has 0 bridgehead atoms. The van der Waals surface area contributed by atoms with Gasteiger partial charge in [0, 0.05) is 53.9 Å². The van der Waals surface area contributed by atoms with Crippen molar-refractivity contribution in [3.05, 3.63) is 41.5 Å². The quantitative estimate of drug-likeness (QED) is 0.873. The van der Waals surface area contributed by atoms with Crippen LogP contribution < -0.4 is 5.32 Å². The van der Waals surface area contributed by atoms with Crippen LogP contribution in [0.5, 0.6) is 0 Å². The summed E-state index contributed by atoms with van der Waals surface area (Å²) in [6.07, 6.45) is 7.41. The van der Waals surface area contributed by atoms with Gasteiger partial charge in [0.15, 0.2) is 0 Å². The molecule has 5 nitrogen and oxygen atoms in total. The molecule has 0 aliphatic carbocycles. The van der Waals surface area contributed by atoms with Gasteiger partial charge in [-0.15, -0.1) is 10.2 Å². The number of hydrogen-bond donors (Lipinski definition) is 1. The molecule has 1 N–H and O–H groups in total. The molecule has 2 aromatic rings. The molecule has 1 aromatic heterocycles. The van der Waals surface area contributed by atoms with Crippen LogP contribution in [-0.2, 0) is 30.2 Å². The fraction of sp³-hybridized carbons (Fsp3) is 0.556. The summed E-state index contributed by atoms with van der Waals surface area (Å²) >= 11 is 0. The van der Waals surface area contributed by atoms with Gasteiger partial charge < -0.3 is 9.88 Å². The Morgan fingerprint density at radius 3 is 2.75 bits per heavy atom. The predicted molar refractivity (Wildman–Crippen MR) is 96.5 cm³/mol. The molecule has 2 atom stereocenters. The summed E-state index contributed by atoms with van der Waals surface area (Å²) in [5, 5.41) is 12.3. The average Bonchev–Trinajstić information content (AvgIpc) is 2.81. The molecular formula is C18H26N4OS. The van der Waals surface area contributed by atoms with Gasteiger partial charge in [0.1, 0.15) is 11.6 Å². The largest absolute Gasteiger partial charge is 0.315 e.